The van der Waals surface area contributed by atoms with Gasteiger partial charge in [-0.3, -0.25) is 9.59 Å². The van der Waals surface area contributed by atoms with Crippen LogP contribution in [-0.4, -0.2) is 22.8 Å². The molecule has 31 heavy (non-hydrogen) atoms. The molecule has 0 spiro atoms. The van der Waals surface area contributed by atoms with E-state index in [2.05, 4.69) is 10.4 Å². The number of nitrogens with zero attached hydrogens (tertiary/aromatic N) is 2. The number of fused-ring (bicyclic) bond motifs is 1. The van der Waals surface area contributed by atoms with Crippen molar-refractivity contribution in [1.29, 1.82) is 0 Å². The maximum Gasteiger partial charge on any atom is 0.274 e. The van der Waals surface area contributed by atoms with Crippen LogP contribution in [0.15, 0.2) is 77.6 Å². The van der Waals surface area contributed by atoms with E-state index in [-0.39, 0.29) is 24.4 Å². The zero-order valence-corrected chi connectivity index (χ0v) is 17.5. The van der Waals surface area contributed by atoms with E-state index in [1.807, 2.05) is 49.4 Å². The van der Waals surface area contributed by atoms with Gasteiger partial charge in [0.2, 0.25) is 5.91 Å². The number of rotatable bonds is 6. The van der Waals surface area contributed by atoms with Gasteiger partial charge < -0.3 is 10.1 Å². The van der Waals surface area contributed by atoms with Crippen LogP contribution in [0.5, 0.6) is 5.75 Å². The molecule has 1 heterocycles. The largest absolute Gasteiger partial charge is 0.497 e. The summed E-state index contributed by atoms with van der Waals surface area (Å²) >= 11 is 0. The quantitative estimate of drug-likeness (QED) is 0.508. The number of nitrogens with one attached hydrogen (secondary N) is 1. The van der Waals surface area contributed by atoms with Gasteiger partial charge in [-0.25, -0.2) is 4.68 Å². The SMILES string of the molecule is COc1ccc(NC(=O)CCn2nc(-c3ccc(C)cc3)c3ccccc3c2=O)cc1. The molecule has 3 aromatic carbocycles. The van der Waals surface area contributed by atoms with Crippen molar-refractivity contribution in [3.8, 4) is 17.0 Å². The van der Waals surface area contributed by atoms with Crippen LogP contribution in [0, 0.1) is 6.92 Å². The maximum absolute atomic E-state index is 13.0. The Labute approximate surface area is 180 Å². The van der Waals surface area contributed by atoms with Gasteiger partial charge in [-0.05, 0) is 37.3 Å². The Morgan fingerprint density at radius 3 is 2.32 bits per heavy atom. The first-order valence-electron chi connectivity index (χ1n) is 10.1. The number of ether oxygens (including phenoxy) is 1. The Morgan fingerprint density at radius 2 is 1.65 bits per heavy atom. The van der Waals surface area contributed by atoms with Crippen LogP contribution in [0.25, 0.3) is 22.0 Å². The number of carbonyl (C=O) groups is 1. The van der Waals surface area contributed by atoms with Crippen LogP contribution in [-0.2, 0) is 11.3 Å². The number of anilines is 1. The zero-order valence-electron chi connectivity index (χ0n) is 17.5. The lowest BCUT2D eigenvalue weighted by atomic mass is 10.0. The summed E-state index contributed by atoms with van der Waals surface area (Å²) in [5.41, 5.74) is 3.27. The van der Waals surface area contributed by atoms with Crippen molar-refractivity contribution in [2.24, 2.45) is 0 Å². The minimum absolute atomic E-state index is 0.130. The van der Waals surface area contributed by atoms with Gasteiger partial charge in [0.25, 0.3) is 5.56 Å². The number of methoxy groups -OCH3 is 1. The Balaban J connectivity index is 1.59. The molecule has 0 radical (unpaired) electrons. The van der Waals surface area contributed by atoms with E-state index in [1.165, 1.54) is 4.68 Å². The highest BCUT2D eigenvalue weighted by molar-refractivity contribution is 5.94. The Morgan fingerprint density at radius 1 is 0.968 bits per heavy atom. The van der Waals surface area contributed by atoms with Gasteiger partial charge in [0.15, 0.2) is 0 Å². The molecule has 0 saturated heterocycles. The topological polar surface area (TPSA) is 73.2 Å². The van der Waals surface area contributed by atoms with Gasteiger partial charge in [-0.15, -0.1) is 0 Å². The lowest BCUT2D eigenvalue weighted by molar-refractivity contribution is -0.116. The number of hydrogen-bond donors (Lipinski definition) is 1. The lowest BCUT2D eigenvalue weighted by Gasteiger charge is -2.12. The van der Waals surface area contributed by atoms with Crippen LogP contribution in [0.4, 0.5) is 5.69 Å². The normalized spacial score (nSPS) is 10.8. The zero-order chi connectivity index (χ0) is 21.8. The Hall–Kier alpha value is -3.93. The van der Waals surface area contributed by atoms with Gasteiger partial charge in [0.1, 0.15) is 5.75 Å². The summed E-state index contributed by atoms with van der Waals surface area (Å²) in [6, 6.07) is 22.6. The van der Waals surface area contributed by atoms with E-state index in [9.17, 15) is 9.59 Å². The standard InChI is InChI=1S/C25H23N3O3/c1-17-7-9-18(10-8-17)24-21-5-3-4-6-22(21)25(30)28(27-24)16-15-23(29)26-19-11-13-20(31-2)14-12-19/h3-14H,15-16H2,1-2H3,(H,26,29). The molecule has 1 amide bonds. The fourth-order valence-electron chi connectivity index (χ4n) is 3.42. The van der Waals surface area contributed by atoms with Gasteiger partial charge in [0.05, 0.1) is 24.7 Å². The first-order chi connectivity index (χ1) is 15.0. The number of hydrogen-bond acceptors (Lipinski definition) is 4. The maximum atomic E-state index is 13.0. The first kappa shape index (κ1) is 20.3. The summed E-state index contributed by atoms with van der Waals surface area (Å²) in [5.74, 6) is 0.525. The summed E-state index contributed by atoms with van der Waals surface area (Å²) in [6.45, 7) is 2.21. The molecular formula is C25H23N3O3. The molecule has 0 aliphatic rings. The smallest absolute Gasteiger partial charge is 0.274 e. The van der Waals surface area contributed by atoms with Gasteiger partial charge in [-0.1, -0.05) is 48.0 Å². The van der Waals surface area contributed by atoms with Crippen LogP contribution < -0.4 is 15.6 Å². The monoisotopic (exact) mass is 413 g/mol. The molecule has 1 aromatic heterocycles. The number of amides is 1. The summed E-state index contributed by atoms with van der Waals surface area (Å²) < 4.78 is 6.50. The number of aromatic nitrogens is 2. The minimum atomic E-state index is -0.205. The third kappa shape index (κ3) is 4.48. The molecular weight excluding hydrogens is 390 g/mol. The molecule has 1 N–H and O–H groups in total. The van der Waals surface area contributed by atoms with E-state index >= 15 is 0 Å². The number of aryl methyl sites for hydroxylation is 2. The minimum Gasteiger partial charge on any atom is -0.497 e. The molecule has 6 heteroatoms. The average Bonchev–Trinajstić information content (AvgIpc) is 2.80. The van der Waals surface area contributed by atoms with Gasteiger partial charge in [-0.2, -0.15) is 5.10 Å². The van der Waals surface area contributed by atoms with E-state index in [0.29, 0.717) is 16.8 Å². The summed E-state index contributed by atoms with van der Waals surface area (Å²) in [5, 5.41) is 8.83. The molecule has 4 rings (SSSR count). The van der Waals surface area contributed by atoms with E-state index in [4.69, 9.17) is 4.74 Å². The van der Waals surface area contributed by atoms with Crippen molar-refractivity contribution >= 4 is 22.4 Å². The van der Waals surface area contributed by atoms with E-state index in [1.54, 1.807) is 37.4 Å². The van der Waals surface area contributed by atoms with Crippen LogP contribution in [0.2, 0.25) is 0 Å². The van der Waals surface area contributed by atoms with Crippen LogP contribution in [0.1, 0.15) is 12.0 Å². The molecule has 0 aliphatic carbocycles. The second kappa shape index (κ2) is 8.83. The number of carbonyl (C=O) groups excluding carboxylic acids is 1. The molecule has 4 aromatic rings. The van der Waals surface area contributed by atoms with Crippen molar-refractivity contribution < 1.29 is 9.53 Å². The lowest BCUT2D eigenvalue weighted by Crippen LogP contribution is -2.26. The molecule has 6 nitrogen and oxygen atoms in total. The van der Waals surface area contributed by atoms with Gasteiger partial charge >= 0.3 is 0 Å². The van der Waals surface area contributed by atoms with Crippen molar-refractivity contribution in [1.82, 2.24) is 9.78 Å². The Bertz CT molecular complexity index is 1280. The van der Waals surface area contributed by atoms with E-state index < -0.39 is 0 Å². The fourth-order valence-corrected chi connectivity index (χ4v) is 3.42. The first-order valence-corrected chi connectivity index (χ1v) is 10.1. The molecule has 0 unspecified atom stereocenters. The highest BCUT2D eigenvalue weighted by Gasteiger charge is 2.13. The predicted molar refractivity (Wildman–Crippen MR) is 122 cm³/mol. The van der Waals surface area contributed by atoms with E-state index in [0.717, 1.165) is 22.2 Å². The van der Waals surface area contributed by atoms with Crippen LogP contribution in [0.3, 0.4) is 0 Å². The number of benzene rings is 3. The second-order valence-corrected chi connectivity index (χ2v) is 7.32. The fraction of sp³-hybridized carbons (Fsp3) is 0.160. The van der Waals surface area contributed by atoms with Crippen LogP contribution >= 0.6 is 0 Å². The summed E-state index contributed by atoms with van der Waals surface area (Å²) in [4.78, 5) is 25.4. The highest BCUT2D eigenvalue weighted by Crippen LogP contribution is 2.25. The average molecular weight is 413 g/mol. The summed E-state index contributed by atoms with van der Waals surface area (Å²) in [6.07, 6.45) is 0.130. The third-order valence-corrected chi connectivity index (χ3v) is 5.12. The van der Waals surface area contributed by atoms with Crippen molar-refractivity contribution in [3.05, 3.63) is 88.7 Å². The predicted octanol–water partition coefficient (Wildman–Crippen LogP) is 4.41. The molecule has 0 saturated carbocycles. The van der Waals surface area contributed by atoms with Gasteiger partial charge in [0, 0.05) is 23.1 Å². The van der Waals surface area contributed by atoms with Crippen molar-refractivity contribution in [2.75, 3.05) is 12.4 Å². The molecule has 0 atom stereocenters. The molecule has 0 bridgehead atoms. The van der Waals surface area contributed by atoms with Crippen molar-refractivity contribution in [2.45, 2.75) is 19.9 Å². The molecule has 0 fully saturated rings. The molecule has 156 valence electrons. The molecule has 0 aliphatic heterocycles. The third-order valence-electron chi connectivity index (χ3n) is 5.12. The summed E-state index contributed by atoms with van der Waals surface area (Å²) in [7, 11) is 1.59. The van der Waals surface area contributed by atoms with Crippen molar-refractivity contribution in [3.63, 3.8) is 0 Å². The second-order valence-electron chi connectivity index (χ2n) is 7.32. The Kier molecular flexibility index (Phi) is 5.80. The highest BCUT2D eigenvalue weighted by atomic mass is 16.5.